The Morgan fingerprint density at radius 3 is 2.32 bits per heavy atom. The Kier molecular flexibility index (Phi) is 13.7. The van der Waals surface area contributed by atoms with Crippen molar-refractivity contribution in [2.75, 3.05) is 32.8 Å². The van der Waals surface area contributed by atoms with Gasteiger partial charge in [0, 0.05) is 13.0 Å². The van der Waals surface area contributed by atoms with Crippen molar-refractivity contribution in [3.05, 3.63) is 29.8 Å². The Morgan fingerprint density at radius 2 is 1.68 bits per heavy atom. The van der Waals surface area contributed by atoms with Gasteiger partial charge in [-0.2, -0.15) is 0 Å². The van der Waals surface area contributed by atoms with Gasteiger partial charge < -0.3 is 24.3 Å². The maximum absolute atomic E-state index is 11.8. The lowest BCUT2D eigenvalue weighted by molar-refractivity contribution is -0.147. The minimum atomic E-state index is -0.486. The number of benzene rings is 1. The number of carbonyl (C=O) groups is 3. The summed E-state index contributed by atoms with van der Waals surface area (Å²) >= 11 is 0. The SMILES string of the molecule is CCOC(=O)CNCC(=O)OC(C)CCOc1ccc(CCCCNC(=O)OC(C)(C)C)cc1. The molecule has 0 aromatic heterocycles. The molecule has 2 N–H and O–H groups in total. The fourth-order valence-corrected chi connectivity index (χ4v) is 2.86. The summed E-state index contributed by atoms with van der Waals surface area (Å²) in [6.45, 7) is 10.3. The zero-order valence-electron chi connectivity index (χ0n) is 21.1. The molecule has 0 aliphatic carbocycles. The highest BCUT2D eigenvalue weighted by atomic mass is 16.6. The summed E-state index contributed by atoms with van der Waals surface area (Å²) in [5.41, 5.74) is 0.711. The van der Waals surface area contributed by atoms with Crippen LogP contribution in [0, 0.1) is 0 Å². The fraction of sp³-hybridized carbons (Fsp3) is 0.640. The van der Waals surface area contributed by atoms with Crippen LogP contribution in [0.4, 0.5) is 4.79 Å². The van der Waals surface area contributed by atoms with E-state index in [2.05, 4.69) is 10.6 Å². The van der Waals surface area contributed by atoms with Crippen LogP contribution < -0.4 is 15.4 Å². The van der Waals surface area contributed by atoms with Crippen molar-refractivity contribution in [1.29, 1.82) is 0 Å². The molecule has 34 heavy (non-hydrogen) atoms. The summed E-state index contributed by atoms with van der Waals surface area (Å²) in [6.07, 6.45) is 2.60. The van der Waals surface area contributed by atoms with Crippen LogP contribution in [-0.4, -0.2) is 62.6 Å². The molecule has 0 aliphatic rings. The third kappa shape index (κ3) is 15.1. The van der Waals surface area contributed by atoms with Gasteiger partial charge in [-0.15, -0.1) is 0 Å². The molecule has 1 atom stereocenters. The van der Waals surface area contributed by atoms with Gasteiger partial charge in [0.2, 0.25) is 0 Å². The number of alkyl carbamates (subject to hydrolysis) is 1. The monoisotopic (exact) mass is 480 g/mol. The molecule has 0 spiro atoms. The first-order chi connectivity index (χ1) is 16.1. The Labute approximate surface area is 202 Å². The minimum Gasteiger partial charge on any atom is -0.493 e. The van der Waals surface area contributed by atoms with E-state index >= 15 is 0 Å². The summed E-state index contributed by atoms with van der Waals surface area (Å²) in [6, 6.07) is 7.89. The van der Waals surface area contributed by atoms with E-state index in [0.29, 0.717) is 26.2 Å². The largest absolute Gasteiger partial charge is 0.493 e. The van der Waals surface area contributed by atoms with E-state index < -0.39 is 17.5 Å². The maximum Gasteiger partial charge on any atom is 0.407 e. The molecule has 0 saturated carbocycles. The van der Waals surface area contributed by atoms with E-state index in [4.69, 9.17) is 18.9 Å². The molecule has 0 saturated heterocycles. The van der Waals surface area contributed by atoms with Crippen LogP contribution in [0.15, 0.2) is 24.3 Å². The van der Waals surface area contributed by atoms with Gasteiger partial charge in [-0.25, -0.2) is 4.79 Å². The Bertz CT molecular complexity index is 745. The fourth-order valence-electron chi connectivity index (χ4n) is 2.86. The van der Waals surface area contributed by atoms with E-state index in [1.54, 1.807) is 13.8 Å². The van der Waals surface area contributed by atoms with Crippen LogP contribution in [0.5, 0.6) is 5.75 Å². The first-order valence-corrected chi connectivity index (χ1v) is 11.8. The predicted molar refractivity (Wildman–Crippen MR) is 129 cm³/mol. The predicted octanol–water partition coefficient (Wildman–Crippen LogP) is 3.39. The van der Waals surface area contributed by atoms with Gasteiger partial charge in [-0.05, 0) is 71.6 Å². The van der Waals surface area contributed by atoms with Gasteiger partial charge in [0.15, 0.2) is 0 Å². The summed E-state index contributed by atoms with van der Waals surface area (Å²) < 4.78 is 21.0. The van der Waals surface area contributed by atoms with Gasteiger partial charge >= 0.3 is 18.0 Å². The first kappa shape index (κ1) is 29.2. The third-order valence-corrected chi connectivity index (χ3v) is 4.45. The van der Waals surface area contributed by atoms with Gasteiger partial charge in [0.05, 0.1) is 26.3 Å². The quantitative estimate of drug-likeness (QED) is 0.223. The second-order valence-electron chi connectivity index (χ2n) is 8.88. The number of aryl methyl sites for hydroxylation is 1. The Hall–Kier alpha value is -2.81. The maximum atomic E-state index is 11.8. The number of carbonyl (C=O) groups excluding carboxylic acids is 3. The number of nitrogens with one attached hydrogen (secondary N) is 2. The van der Waals surface area contributed by atoms with Crippen molar-refractivity contribution in [3.8, 4) is 5.75 Å². The standard InChI is InChI=1S/C25H40N2O7/c1-6-31-22(28)17-26-18-23(29)33-19(2)14-16-32-21-12-10-20(11-13-21)9-7-8-15-27-24(30)34-25(3,4)5/h10-13,19,26H,6-9,14-18H2,1-5H3,(H,27,30). The molecule has 9 heteroatoms. The van der Waals surface area contributed by atoms with E-state index in [9.17, 15) is 14.4 Å². The van der Waals surface area contributed by atoms with Crippen LogP contribution in [0.3, 0.4) is 0 Å². The number of hydrogen-bond acceptors (Lipinski definition) is 8. The van der Waals surface area contributed by atoms with E-state index in [1.165, 1.54) is 5.56 Å². The van der Waals surface area contributed by atoms with Crippen LogP contribution in [0.2, 0.25) is 0 Å². The topological polar surface area (TPSA) is 112 Å². The molecule has 0 aliphatic heterocycles. The number of hydrogen-bond donors (Lipinski definition) is 2. The summed E-state index contributed by atoms with van der Waals surface area (Å²) in [5.74, 6) is -0.0783. The smallest absolute Gasteiger partial charge is 0.407 e. The number of amides is 1. The van der Waals surface area contributed by atoms with Crippen LogP contribution in [0.1, 0.15) is 59.4 Å². The van der Waals surface area contributed by atoms with Gasteiger partial charge in [-0.3, -0.25) is 14.9 Å². The molecular formula is C25H40N2O7. The van der Waals surface area contributed by atoms with Crippen molar-refractivity contribution < 1.29 is 33.3 Å². The molecule has 0 bridgehead atoms. The van der Waals surface area contributed by atoms with Crippen LogP contribution in [-0.2, 0) is 30.2 Å². The summed E-state index contributed by atoms with van der Waals surface area (Å²) in [4.78, 5) is 34.6. The van der Waals surface area contributed by atoms with Gasteiger partial charge in [0.25, 0.3) is 0 Å². The van der Waals surface area contributed by atoms with E-state index in [0.717, 1.165) is 25.0 Å². The Morgan fingerprint density at radius 1 is 1.00 bits per heavy atom. The minimum absolute atomic E-state index is 0.0284. The molecular weight excluding hydrogens is 440 g/mol. The molecule has 9 nitrogen and oxygen atoms in total. The molecule has 1 aromatic carbocycles. The second kappa shape index (κ2) is 15.9. The van der Waals surface area contributed by atoms with Crippen LogP contribution in [0.25, 0.3) is 0 Å². The molecule has 1 amide bonds. The molecule has 1 aromatic rings. The molecule has 192 valence electrons. The highest BCUT2D eigenvalue weighted by Gasteiger charge is 2.15. The van der Waals surface area contributed by atoms with E-state index in [-0.39, 0.29) is 25.3 Å². The lowest BCUT2D eigenvalue weighted by atomic mass is 10.1. The molecule has 0 fully saturated rings. The summed E-state index contributed by atoms with van der Waals surface area (Å²) in [5, 5.41) is 5.46. The van der Waals surface area contributed by atoms with Crippen molar-refractivity contribution in [2.45, 2.75) is 72.0 Å². The van der Waals surface area contributed by atoms with Gasteiger partial charge in [-0.1, -0.05) is 12.1 Å². The van der Waals surface area contributed by atoms with Crippen LogP contribution >= 0.6 is 0 Å². The second-order valence-corrected chi connectivity index (χ2v) is 8.88. The molecule has 0 heterocycles. The highest BCUT2D eigenvalue weighted by Crippen LogP contribution is 2.15. The average Bonchev–Trinajstić information content (AvgIpc) is 2.73. The van der Waals surface area contributed by atoms with Crippen molar-refractivity contribution >= 4 is 18.0 Å². The zero-order chi connectivity index (χ0) is 25.4. The zero-order valence-corrected chi connectivity index (χ0v) is 21.1. The normalized spacial score (nSPS) is 11.9. The molecule has 1 rings (SSSR count). The molecule has 1 unspecified atom stereocenters. The van der Waals surface area contributed by atoms with Gasteiger partial charge in [0.1, 0.15) is 17.5 Å². The van der Waals surface area contributed by atoms with E-state index in [1.807, 2.05) is 45.0 Å². The number of esters is 2. The lowest BCUT2D eigenvalue weighted by Crippen LogP contribution is -2.33. The number of rotatable bonds is 15. The Balaban J connectivity index is 2.15. The number of ether oxygens (including phenoxy) is 4. The lowest BCUT2D eigenvalue weighted by Gasteiger charge is -2.19. The number of unbranched alkanes of at least 4 members (excludes halogenated alkanes) is 1. The molecule has 0 radical (unpaired) electrons. The average molecular weight is 481 g/mol. The van der Waals surface area contributed by atoms with Crippen molar-refractivity contribution in [3.63, 3.8) is 0 Å². The van der Waals surface area contributed by atoms with Crippen molar-refractivity contribution in [1.82, 2.24) is 10.6 Å². The third-order valence-electron chi connectivity index (χ3n) is 4.45. The summed E-state index contributed by atoms with van der Waals surface area (Å²) in [7, 11) is 0. The first-order valence-electron chi connectivity index (χ1n) is 11.8. The van der Waals surface area contributed by atoms with Crippen molar-refractivity contribution in [2.24, 2.45) is 0 Å². The highest BCUT2D eigenvalue weighted by molar-refractivity contribution is 5.75.